The van der Waals surface area contributed by atoms with Gasteiger partial charge in [0.25, 0.3) is 0 Å². The topological polar surface area (TPSA) is 47.6 Å². The maximum Gasteiger partial charge on any atom is 0.350 e. The Morgan fingerprint density at radius 3 is 2.40 bits per heavy atom. The lowest BCUT2D eigenvalue weighted by atomic mass is 10.6. The Morgan fingerprint density at radius 1 is 1.50 bits per heavy atom. The summed E-state index contributed by atoms with van der Waals surface area (Å²) in [4.78, 5) is 11.1. The van der Waals surface area contributed by atoms with Crippen LogP contribution in [-0.4, -0.2) is 29.1 Å². The maximum atomic E-state index is 11.1. The van der Waals surface area contributed by atoms with Crippen molar-refractivity contribution in [2.75, 3.05) is 13.1 Å². The number of carbonyl (C=O) groups excluding carboxylic acids is 1. The molecule has 1 saturated heterocycles. The van der Waals surface area contributed by atoms with Crippen molar-refractivity contribution in [2.45, 2.75) is 6.92 Å². The van der Waals surface area contributed by atoms with E-state index in [1.807, 2.05) is 6.92 Å². The number of hydrogen-bond donors (Lipinski definition) is 2. The largest absolute Gasteiger partial charge is 0.350 e. The van der Waals surface area contributed by atoms with Gasteiger partial charge in [-0.1, -0.05) is 0 Å². The van der Waals surface area contributed by atoms with Gasteiger partial charge in [-0.25, -0.2) is 14.8 Å². The molecule has 0 bridgehead atoms. The molecule has 0 saturated carbocycles. The van der Waals surface area contributed by atoms with Crippen molar-refractivity contribution >= 4 is 6.03 Å². The molecule has 0 aromatic rings. The summed E-state index contributed by atoms with van der Waals surface area (Å²) in [5.74, 6) is 0. The third-order valence-electron chi connectivity index (χ3n) is 1.32. The van der Waals surface area contributed by atoms with Crippen molar-refractivity contribution in [3.63, 3.8) is 0 Å². The summed E-state index contributed by atoms with van der Waals surface area (Å²) in [5, 5.41) is 2.86. The van der Waals surface area contributed by atoms with E-state index in [1.54, 1.807) is 0 Å². The van der Waals surface area contributed by atoms with E-state index in [0.717, 1.165) is 0 Å². The Balaban J connectivity index is 2.49. The van der Waals surface area contributed by atoms with E-state index in [2.05, 4.69) is 18.0 Å². The molecule has 0 spiro atoms. The smallest absolute Gasteiger partial charge is 0.245 e. The molecule has 2 N–H and O–H groups in total. The molecule has 0 atom stereocenters. The first kappa shape index (κ1) is 7.30. The molecule has 1 radical (unpaired) electrons. The van der Waals surface area contributed by atoms with Crippen molar-refractivity contribution in [3.8, 4) is 0 Å². The standard InChI is InChI=1S/C5H11N4O/c1-3-8-5(10)9(4-2)7-6-8/h6-7H,1,3-4H2,2H3. The Hall–Kier alpha value is -0.810. The fourth-order valence-electron chi connectivity index (χ4n) is 0.728. The summed E-state index contributed by atoms with van der Waals surface area (Å²) in [6.07, 6.45) is 0. The maximum absolute atomic E-state index is 11.1. The summed E-state index contributed by atoms with van der Waals surface area (Å²) in [5.41, 5.74) is 5.33. The fourth-order valence-corrected chi connectivity index (χ4v) is 0.728. The van der Waals surface area contributed by atoms with Gasteiger partial charge in [0.05, 0.1) is 0 Å². The quantitative estimate of drug-likeness (QED) is 0.548. The zero-order valence-electron chi connectivity index (χ0n) is 5.92. The van der Waals surface area contributed by atoms with Crippen molar-refractivity contribution in [3.05, 3.63) is 6.92 Å². The predicted molar refractivity (Wildman–Crippen MR) is 36.1 cm³/mol. The van der Waals surface area contributed by atoms with Crippen molar-refractivity contribution in [1.82, 2.24) is 21.1 Å². The molecule has 10 heavy (non-hydrogen) atoms. The minimum absolute atomic E-state index is 0.0856. The number of nitrogens with zero attached hydrogens (tertiary/aromatic N) is 2. The highest BCUT2D eigenvalue weighted by atomic mass is 16.2. The number of nitrogens with one attached hydrogen (secondary N) is 2. The molecule has 1 heterocycles. The van der Waals surface area contributed by atoms with E-state index in [9.17, 15) is 4.79 Å². The third-order valence-corrected chi connectivity index (χ3v) is 1.32. The average Bonchev–Trinajstić information content (AvgIpc) is 2.30. The molecular weight excluding hydrogens is 132 g/mol. The zero-order chi connectivity index (χ0) is 7.56. The lowest BCUT2D eigenvalue weighted by molar-refractivity contribution is 0.189. The molecule has 1 rings (SSSR count). The van der Waals surface area contributed by atoms with Gasteiger partial charge in [0.1, 0.15) is 0 Å². The number of hydrogen-bond acceptors (Lipinski definition) is 3. The SMILES string of the molecule is [CH2]CN1NNN(CC)C1=O. The van der Waals surface area contributed by atoms with Crippen LogP contribution in [0.1, 0.15) is 6.92 Å². The molecule has 1 aliphatic rings. The molecule has 5 nitrogen and oxygen atoms in total. The molecule has 0 aliphatic carbocycles. The highest BCUT2D eigenvalue weighted by Crippen LogP contribution is 1.96. The van der Waals surface area contributed by atoms with Gasteiger partial charge in [0, 0.05) is 13.1 Å². The number of amides is 2. The van der Waals surface area contributed by atoms with Gasteiger partial charge >= 0.3 is 6.03 Å². The van der Waals surface area contributed by atoms with Crippen molar-refractivity contribution in [2.24, 2.45) is 0 Å². The summed E-state index contributed by atoms with van der Waals surface area (Å²) in [6.45, 7) is 6.51. The van der Waals surface area contributed by atoms with E-state index >= 15 is 0 Å². The lowest BCUT2D eigenvalue weighted by Gasteiger charge is -2.10. The average molecular weight is 143 g/mol. The van der Waals surface area contributed by atoms with Gasteiger partial charge < -0.3 is 0 Å². The van der Waals surface area contributed by atoms with Crippen LogP contribution in [0.2, 0.25) is 0 Å². The van der Waals surface area contributed by atoms with Gasteiger partial charge in [0.15, 0.2) is 0 Å². The number of carbonyl (C=O) groups is 1. The fraction of sp³-hybridized carbons (Fsp3) is 0.600. The van der Waals surface area contributed by atoms with Crippen LogP contribution in [0, 0.1) is 6.92 Å². The Bertz CT molecular complexity index is 124. The van der Waals surface area contributed by atoms with Crippen LogP contribution in [0.5, 0.6) is 0 Å². The Morgan fingerprint density at radius 2 is 2.10 bits per heavy atom. The summed E-state index contributed by atoms with van der Waals surface area (Å²) >= 11 is 0. The van der Waals surface area contributed by atoms with Crippen LogP contribution < -0.4 is 11.1 Å². The van der Waals surface area contributed by atoms with Gasteiger partial charge in [-0.3, -0.25) is 0 Å². The molecule has 57 valence electrons. The monoisotopic (exact) mass is 143 g/mol. The number of hydrazine groups is 3. The van der Waals surface area contributed by atoms with Crippen LogP contribution in [0.15, 0.2) is 0 Å². The summed E-state index contributed by atoms with van der Waals surface area (Å²) in [6, 6.07) is -0.0856. The first-order valence-corrected chi connectivity index (χ1v) is 3.19. The van der Waals surface area contributed by atoms with Crippen molar-refractivity contribution in [1.29, 1.82) is 0 Å². The lowest BCUT2D eigenvalue weighted by Crippen LogP contribution is -2.38. The molecule has 0 aromatic heterocycles. The molecule has 1 aliphatic heterocycles. The number of rotatable bonds is 2. The second-order valence-corrected chi connectivity index (χ2v) is 1.90. The minimum Gasteiger partial charge on any atom is -0.245 e. The molecule has 1 fully saturated rings. The van der Waals surface area contributed by atoms with Crippen LogP contribution in [0.25, 0.3) is 0 Å². The van der Waals surface area contributed by atoms with E-state index in [-0.39, 0.29) is 6.03 Å². The highest BCUT2D eigenvalue weighted by molar-refractivity contribution is 5.74. The first-order valence-electron chi connectivity index (χ1n) is 3.19. The van der Waals surface area contributed by atoms with Gasteiger partial charge in [-0.05, 0) is 13.8 Å². The number of urea groups is 1. The predicted octanol–water partition coefficient (Wildman–Crippen LogP) is -0.498. The zero-order valence-corrected chi connectivity index (χ0v) is 5.92. The molecule has 5 heteroatoms. The van der Waals surface area contributed by atoms with Gasteiger partial charge in [0.2, 0.25) is 0 Å². The molecule has 2 amide bonds. The molecular formula is C5H11N4O. The van der Waals surface area contributed by atoms with E-state index < -0.39 is 0 Å². The summed E-state index contributed by atoms with van der Waals surface area (Å²) < 4.78 is 0. The Labute approximate surface area is 59.9 Å². The van der Waals surface area contributed by atoms with Crippen LogP contribution in [0.3, 0.4) is 0 Å². The molecule has 0 unspecified atom stereocenters. The Kier molecular flexibility index (Phi) is 2.08. The first-order chi connectivity index (χ1) is 4.79. The van der Waals surface area contributed by atoms with Crippen LogP contribution >= 0.6 is 0 Å². The van der Waals surface area contributed by atoms with Gasteiger partial charge in [-0.15, -0.1) is 11.1 Å². The van der Waals surface area contributed by atoms with Gasteiger partial charge in [-0.2, -0.15) is 0 Å². The van der Waals surface area contributed by atoms with Crippen LogP contribution in [0.4, 0.5) is 4.79 Å². The van der Waals surface area contributed by atoms with E-state index in [1.165, 1.54) is 10.0 Å². The second-order valence-electron chi connectivity index (χ2n) is 1.90. The third kappa shape index (κ3) is 1.05. The van der Waals surface area contributed by atoms with Crippen LogP contribution in [-0.2, 0) is 0 Å². The van der Waals surface area contributed by atoms with Crippen molar-refractivity contribution < 1.29 is 4.79 Å². The summed E-state index contributed by atoms with van der Waals surface area (Å²) in [7, 11) is 0. The minimum atomic E-state index is -0.0856. The normalized spacial score (nSPS) is 18.8. The highest BCUT2D eigenvalue weighted by Gasteiger charge is 2.24. The van der Waals surface area contributed by atoms with E-state index in [0.29, 0.717) is 13.1 Å². The second kappa shape index (κ2) is 2.85. The molecule has 0 aromatic carbocycles. The van der Waals surface area contributed by atoms with E-state index in [4.69, 9.17) is 0 Å².